The predicted molar refractivity (Wildman–Crippen MR) is 92.0 cm³/mol. The molecule has 2 heterocycles. The molecular weight excluding hydrogens is 324 g/mol. The van der Waals surface area contributed by atoms with Crippen LogP contribution in [0.1, 0.15) is 19.2 Å². The Labute approximate surface area is 148 Å². The second-order valence-corrected chi connectivity index (χ2v) is 6.54. The van der Waals surface area contributed by atoms with Gasteiger partial charge in [-0.15, -0.1) is 0 Å². The van der Waals surface area contributed by atoms with Crippen molar-refractivity contribution in [3.63, 3.8) is 0 Å². The van der Waals surface area contributed by atoms with Gasteiger partial charge >= 0.3 is 0 Å². The van der Waals surface area contributed by atoms with Gasteiger partial charge < -0.3 is 23.8 Å². The standard InChI is InChI=1S/C17H28N4O4/c1-14-18-5-6-20(14)8-7-19(3)16(23)11-17(24-4)12-21(15(2)22)9-10-25-13-17/h5-6H,7-13H2,1-4H3. The maximum absolute atomic E-state index is 12.7. The van der Waals surface area contributed by atoms with E-state index in [9.17, 15) is 9.59 Å². The second-order valence-electron chi connectivity index (χ2n) is 6.54. The van der Waals surface area contributed by atoms with Gasteiger partial charge in [-0.2, -0.15) is 0 Å². The van der Waals surface area contributed by atoms with Crippen molar-refractivity contribution in [1.82, 2.24) is 19.4 Å². The van der Waals surface area contributed by atoms with Crippen molar-refractivity contribution in [2.24, 2.45) is 0 Å². The highest BCUT2D eigenvalue weighted by Gasteiger charge is 2.38. The zero-order valence-electron chi connectivity index (χ0n) is 15.5. The van der Waals surface area contributed by atoms with Gasteiger partial charge in [-0.25, -0.2) is 4.98 Å². The van der Waals surface area contributed by atoms with Crippen LogP contribution in [0.2, 0.25) is 0 Å². The summed E-state index contributed by atoms with van der Waals surface area (Å²) < 4.78 is 13.2. The molecule has 0 aliphatic carbocycles. The number of nitrogens with zero attached hydrogens (tertiary/aromatic N) is 4. The Bertz CT molecular complexity index is 603. The molecule has 1 aliphatic heterocycles. The zero-order chi connectivity index (χ0) is 18.4. The molecule has 140 valence electrons. The van der Waals surface area contributed by atoms with E-state index in [-0.39, 0.29) is 18.2 Å². The number of aromatic nitrogens is 2. The lowest BCUT2D eigenvalue weighted by atomic mass is 9.98. The highest BCUT2D eigenvalue weighted by Crippen LogP contribution is 2.22. The van der Waals surface area contributed by atoms with E-state index in [1.165, 1.54) is 6.92 Å². The Morgan fingerprint density at radius 1 is 1.48 bits per heavy atom. The fourth-order valence-electron chi connectivity index (χ4n) is 2.91. The maximum atomic E-state index is 12.7. The van der Waals surface area contributed by atoms with Gasteiger partial charge in [0.15, 0.2) is 0 Å². The topological polar surface area (TPSA) is 76.9 Å². The van der Waals surface area contributed by atoms with E-state index < -0.39 is 5.60 Å². The number of carbonyl (C=O) groups is 2. The minimum absolute atomic E-state index is 0.0337. The molecule has 25 heavy (non-hydrogen) atoms. The Hall–Kier alpha value is -1.93. The third kappa shape index (κ3) is 5.02. The van der Waals surface area contributed by atoms with Gasteiger partial charge in [0.1, 0.15) is 11.4 Å². The van der Waals surface area contributed by atoms with E-state index >= 15 is 0 Å². The van der Waals surface area contributed by atoms with Crippen molar-refractivity contribution in [2.45, 2.75) is 32.4 Å². The van der Waals surface area contributed by atoms with Crippen LogP contribution in [-0.4, -0.2) is 83.8 Å². The highest BCUT2D eigenvalue weighted by molar-refractivity contribution is 5.77. The van der Waals surface area contributed by atoms with Crippen LogP contribution in [0.3, 0.4) is 0 Å². The summed E-state index contributed by atoms with van der Waals surface area (Å²) in [7, 11) is 3.34. The van der Waals surface area contributed by atoms with Crippen molar-refractivity contribution < 1.29 is 19.1 Å². The number of ether oxygens (including phenoxy) is 2. The molecule has 0 spiro atoms. The first-order valence-corrected chi connectivity index (χ1v) is 8.47. The summed E-state index contributed by atoms with van der Waals surface area (Å²) in [6.45, 7) is 6.34. The van der Waals surface area contributed by atoms with E-state index in [2.05, 4.69) is 4.98 Å². The van der Waals surface area contributed by atoms with Crippen molar-refractivity contribution in [3.05, 3.63) is 18.2 Å². The van der Waals surface area contributed by atoms with Gasteiger partial charge in [0, 0.05) is 53.1 Å². The van der Waals surface area contributed by atoms with Crippen molar-refractivity contribution in [2.75, 3.05) is 47.0 Å². The monoisotopic (exact) mass is 352 g/mol. The summed E-state index contributed by atoms with van der Waals surface area (Å²) in [4.78, 5) is 32.0. The minimum atomic E-state index is -0.807. The smallest absolute Gasteiger partial charge is 0.225 e. The van der Waals surface area contributed by atoms with Crippen LogP contribution in [0.5, 0.6) is 0 Å². The van der Waals surface area contributed by atoms with Crippen LogP contribution in [-0.2, 0) is 25.6 Å². The second kappa shape index (κ2) is 8.44. The van der Waals surface area contributed by atoms with Crippen LogP contribution in [0, 0.1) is 6.92 Å². The molecule has 1 unspecified atom stereocenters. The first kappa shape index (κ1) is 19.4. The Balaban J connectivity index is 1.97. The lowest BCUT2D eigenvalue weighted by Gasteiger charge is -2.34. The molecule has 1 aromatic rings. The van der Waals surface area contributed by atoms with Gasteiger partial charge in [-0.05, 0) is 6.92 Å². The first-order valence-electron chi connectivity index (χ1n) is 8.47. The van der Waals surface area contributed by atoms with Crippen molar-refractivity contribution in [3.8, 4) is 0 Å². The number of amides is 2. The average molecular weight is 352 g/mol. The lowest BCUT2D eigenvalue weighted by molar-refractivity contribution is -0.144. The molecule has 2 amide bonds. The van der Waals surface area contributed by atoms with Crippen LogP contribution in [0.25, 0.3) is 0 Å². The maximum Gasteiger partial charge on any atom is 0.225 e. The quantitative estimate of drug-likeness (QED) is 0.736. The molecule has 8 heteroatoms. The highest BCUT2D eigenvalue weighted by atomic mass is 16.5. The molecule has 1 atom stereocenters. The molecule has 1 saturated heterocycles. The Kier molecular flexibility index (Phi) is 6.55. The lowest BCUT2D eigenvalue weighted by Crippen LogP contribution is -2.50. The van der Waals surface area contributed by atoms with Crippen molar-refractivity contribution >= 4 is 11.8 Å². The molecule has 0 radical (unpaired) electrons. The number of likely N-dealkylation sites (N-methyl/N-ethyl adjacent to an activating group) is 1. The molecule has 1 aromatic heterocycles. The summed E-state index contributed by atoms with van der Waals surface area (Å²) in [5.74, 6) is 0.848. The Morgan fingerprint density at radius 3 is 2.84 bits per heavy atom. The van der Waals surface area contributed by atoms with Gasteiger partial charge in [0.2, 0.25) is 11.8 Å². The molecule has 0 N–H and O–H groups in total. The van der Waals surface area contributed by atoms with Crippen LogP contribution < -0.4 is 0 Å². The first-order chi connectivity index (χ1) is 11.9. The number of imidazole rings is 1. The molecule has 1 fully saturated rings. The number of hydrogen-bond donors (Lipinski definition) is 0. The third-order valence-electron chi connectivity index (χ3n) is 4.73. The normalized spacial score (nSPS) is 21.0. The largest absolute Gasteiger partial charge is 0.377 e. The number of rotatable bonds is 6. The van der Waals surface area contributed by atoms with E-state index in [0.717, 1.165) is 5.82 Å². The summed E-state index contributed by atoms with van der Waals surface area (Å²) in [6, 6.07) is 0. The number of carbonyl (C=O) groups excluding carboxylic acids is 2. The molecule has 0 bridgehead atoms. The molecule has 1 aliphatic rings. The van der Waals surface area contributed by atoms with Crippen LogP contribution in [0.15, 0.2) is 12.4 Å². The van der Waals surface area contributed by atoms with Gasteiger partial charge in [-0.3, -0.25) is 9.59 Å². The zero-order valence-corrected chi connectivity index (χ0v) is 15.5. The van der Waals surface area contributed by atoms with Crippen molar-refractivity contribution in [1.29, 1.82) is 0 Å². The molecule has 8 nitrogen and oxygen atoms in total. The van der Waals surface area contributed by atoms with Gasteiger partial charge in [0.25, 0.3) is 0 Å². The number of methoxy groups -OCH3 is 1. The van der Waals surface area contributed by atoms with E-state index in [0.29, 0.717) is 39.4 Å². The van der Waals surface area contributed by atoms with Crippen LogP contribution >= 0.6 is 0 Å². The summed E-state index contributed by atoms with van der Waals surface area (Å²) in [5, 5.41) is 0. The van der Waals surface area contributed by atoms with E-state index in [1.54, 1.807) is 30.2 Å². The molecule has 0 saturated carbocycles. The Morgan fingerprint density at radius 2 is 2.24 bits per heavy atom. The third-order valence-corrected chi connectivity index (χ3v) is 4.73. The van der Waals surface area contributed by atoms with Gasteiger partial charge in [0.05, 0.1) is 26.2 Å². The summed E-state index contributed by atoms with van der Waals surface area (Å²) >= 11 is 0. The fraction of sp³-hybridized carbons (Fsp3) is 0.706. The summed E-state index contributed by atoms with van der Waals surface area (Å²) in [5.41, 5.74) is -0.807. The number of hydrogen-bond acceptors (Lipinski definition) is 5. The SMILES string of the molecule is COC1(CC(=O)N(C)CCn2ccnc2C)COCCN(C(C)=O)C1. The van der Waals surface area contributed by atoms with Crippen LogP contribution in [0.4, 0.5) is 0 Å². The fourth-order valence-corrected chi connectivity index (χ4v) is 2.91. The molecule has 2 rings (SSSR count). The number of aryl methyl sites for hydroxylation is 1. The molecule has 0 aromatic carbocycles. The van der Waals surface area contributed by atoms with E-state index in [4.69, 9.17) is 9.47 Å². The summed E-state index contributed by atoms with van der Waals surface area (Å²) in [6.07, 6.45) is 3.82. The van der Waals surface area contributed by atoms with E-state index in [1.807, 2.05) is 17.7 Å². The molecular formula is C17H28N4O4. The van der Waals surface area contributed by atoms with Gasteiger partial charge in [-0.1, -0.05) is 0 Å². The average Bonchev–Trinajstić information content (AvgIpc) is 2.87. The predicted octanol–water partition coefficient (Wildman–Crippen LogP) is 0.304. The minimum Gasteiger partial charge on any atom is -0.377 e.